The topological polar surface area (TPSA) is 54.7 Å². The van der Waals surface area contributed by atoms with Crippen molar-refractivity contribution in [3.63, 3.8) is 0 Å². The number of nitrogens with two attached hydrogens (primary N) is 1. The van der Waals surface area contributed by atoms with Crippen molar-refractivity contribution >= 4 is 0 Å². The first-order chi connectivity index (χ1) is 5.98. The van der Waals surface area contributed by atoms with Gasteiger partial charge in [0.05, 0.1) is 11.2 Å². The molecule has 3 N–H and O–H groups in total. The van der Waals surface area contributed by atoms with Gasteiger partial charge in [0.2, 0.25) is 0 Å². The second-order valence-electron chi connectivity index (χ2n) is 4.61. The van der Waals surface area contributed by atoms with E-state index in [9.17, 15) is 0 Å². The Morgan fingerprint density at radius 1 is 1.54 bits per heavy atom. The van der Waals surface area contributed by atoms with Crippen molar-refractivity contribution in [1.82, 2.24) is 9.97 Å². The van der Waals surface area contributed by atoms with E-state index in [1.54, 1.807) is 0 Å². The minimum Gasteiger partial charge on any atom is -0.344 e. The number of hydrogen-bond donors (Lipinski definition) is 2. The van der Waals surface area contributed by atoms with Crippen LogP contribution < -0.4 is 5.73 Å². The highest BCUT2D eigenvalue weighted by atomic mass is 15.0. The van der Waals surface area contributed by atoms with Gasteiger partial charge in [-0.15, -0.1) is 0 Å². The molecular formula is C10H17N3. The fourth-order valence-corrected chi connectivity index (χ4v) is 1.82. The number of nitrogens with one attached hydrogen (secondary N) is 1. The predicted molar refractivity (Wildman–Crippen MR) is 52.5 cm³/mol. The Morgan fingerprint density at radius 3 is 2.77 bits per heavy atom. The van der Waals surface area contributed by atoms with Crippen LogP contribution in [0.3, 0.4) is 0 Å². The van der Waals surface area contributed by atoms with Gasteiger partial charge in [-0.25, -0.2) is 4.98 Å². The number of rotatable bonds is 1. The predicted octanol–water partition coefficient (Wildman–Crippen LogP) is 1.65. The van der Waals surface area contributed by atoms with Gasteiger partial charge >= 0.3 is 0 Å². The molecule has 2 rings (SSSR count). The third-order valence-corrected chi connectivity index (χ3v) is 2.72. The monoisotopic (exact) mass is 179 g/mol. The van der Waals surface area contributed by atoms with Crippen LogP contribution in [0.5, 0.6) is 0 Å². The molecule has 1 aromatic heterocycles. The highest BCUT2D eigenvalue weighted by Gasteiger charge is 2.27. The molecule has 0 saturated heterocycles. The lowest BCUT2D eigenvalue weighted by Gasteiger charge is -2.15. The van der Waals surface area contributed by atoms with E-state index in [2.05, 4.69) is 16.9 Å². The Labute approximate surface area is 78.7 Å². The van der Waals surface area contributed by atoms with Crippen LogP contribution in [0, 0.1) is 0 Å². The second kappa shape index (κ2) is 2.58. The number of aryl methyl sites for hydroxylation is 1. The summed E-state index contributed by atoms with van der Waals surface area (Å²) in [6.07, 6.45) is 2.35. The fraction of sp³-hybridized carbons (Fsp3) is 0.700. The molecule has 0 bridgehead atoms. The van der Waals surface area contributed by atoms with Gasteiger partial charge in [0.15, 0.2) is 0 Å². The summed E-state index contributed by atoms with van der Waals surface area (Å²) in [5, 5.41) is 0. The Kier molecular flexibility index (Phi) is 1.74. The number of aromatic amines is 1. The highest BCUT2D eigenvalue weighted by molar-refractivity contribution is 5.25. The number of imidazole rings is 1. The zero-order valence-electron chi connectivity index (χ0n) is 8.52. The lowest BCUT2D eigenvalue weighted by Crippen LogP contribution is -2.30. The van der Waals surface area contributed by atoms with Crippen molar-refractivity contribution < 1.29 is 0 Å². The van der Waals surface area contributed by atoms with E-state index in [1.165, 1.54) is 17.8 Å². The normalized spacial score (nSPS) is 22.0. The maximum absolute atomic E-state index is 5.97. The Morgan fingerprint density at radius 2 is 2.23 bits per heavy atom. The zero-order chi connectivity index (χ0) is 9.64. The first-order valence-electron chi connectivity index (χ1n) is 4.86. The van der Waals surface area contributed by atoms with Crippen molar-refractivity contribution in [3.8, 4) is 0 Å². The van der Waals surface area contributed by atoms with Crippen LogP contribution in [-0.2, 0) is 12.0 Å². The summed E-state index contributed by atoms with van der Waals surface area (Å²) in [7, 11) is 0. The molecule has 0 aliphatic heterocycles. The Balaban J connectivity index is 2.40. The molecular weight excluding hydrogens is 162 g/mol. The third kappa shape index (κ3) is 1.37. The molecule has 1 unspecified atom stereocenters. The first kappa shape index (κ1) is 8.75. The maximum atomic E-state index is 5.97. The molecule has 72 valence electrons. The minimum atomic E-state index is -0.343. The van der Waals surface area contributed by atoms with E-state index in [-0.39, 0.29) is 5.54 Å². The van der Waals surface area contributed by atoms with Crippen LogP contribution in [0.4, 0.5) is 0 Å². The van der Waals surface area contributed by atoms with Gasteiger partial charge in [-0.1, -0.05) is 6.92 Å². The van der Waals surface area contributed by atoms with Gasteiger partial charge in [-0.05, 0) is 26.7 Å². The summed E-state index contributed by atoms with van der Waals surface area (Å²) in [6.45, 7) is 6.18. The van der Waals surface area contributed by atoms with Crippen LogP contribution in [0.15, 0.2) is 0 Å². The third-order valence-electron chi connectivity index (χ3n) is 2.72. The van der Waals surface area contributed by atoms with Gasteiger partial charge in [-0.2, -0.15) is 0 Å². The molecule has 3 heteroatoms. The molecule has 0 amide bonds. The average molecular weight is 179 g/mol. The van der Waals surface area contributed by atoms with E-state index in [0.29, 0.717) is 5.92 Å². The van der Waals surface area contributed by atoms with Crippen LogP contribution in [0.1, 0.15) is 50.3 Å². The zero-order valence-corrected chi connectivity index (χ0v) is 8.52. The number of nitrogens with zero attached hydrogens (tertiary/aromatic N) is 1. The second-order valence-corrected chi connectivity index (χ2v) is 4.61. The van der Waals surface area contributed by atoms with Crippen LogP contribution in [0.2, 0.25) is 0 Å². The SMILES string of the molecule is CC1CCc2[nH]c(C(C)(C)N)nc21. The first-order valence-corrected chi connectivity index (χ1v) is 4.86. The fourth-order valence-electron chi connectivity index (χ4n) is 1.82. The molecule has 0 radical (unpaired) electrons. The van der Waals surface area contributed by atoms with Gasteiger partial charge < -0.3 is 10.7 Å². The lowest BCUT2D eigenvalue weighted by molar-refractivity contribution is 0.514. The van der Waals surface area contributed by atoms with Crippen molar-refractivity contribution in [2.45, 2.75) is 45.1 Å². The number of hydrogen-bond acceptors (Lipinski definition) is 2. The van der Waals surface area contributed by atoms with Gasteiger partial charge in [0.25, 0.3) is 0 Å². The van der Waals surface area contributed by atoms with E-state index in [0.717, 1.165) is 12.2 Å². The minimum absolute atomic E-state index is 0.343. The summed E-state index contributed by atoms with van der Waals surface area (Å²) >= 11 is 0. The molecule has 1 aromatic rings. The van der Waals surface area contributed by atoms with Gasteiger partial charge in [0.1, 0.15) is 5.82 Å². The van der Waals surface area contributed by atoms with Crippen molar-refractivity contribution in [2.24, 2.45) is 5.73 Å². The number of aromatic nitrogens is 2. The molecule has 0 fully saturated rings. The molecule has 0 saturated carbocycles. The molecule has 0 aromatic carbocycles. The summed E-state index contributed by atoms with van der Waals surface area (Å²) < 4.78 is 0. The van der Waals surface area contributed by atoms with Crippen LogP contribution in [0.25, 0.3) is 0 Å². The van der Waals surface area contributed by atoms with E-state index >= 15 is 0 Å². The van der Waals surface area contributed by atoms with E-state index in [1.807, 2.05) is 13.8 Å². The van der Waals surface area contributed by atoms with E-state index in [4.69, 9.17) is 5.73 Å². The van der Waals surface area contributed by atoms with Crippen molar-refractivity contribution in [2.75, 3.05) is 0 Å². The molecule has 1 heterocycles. The Hall–Kier alpha value is -0.830. The summed E-state index contributed by atoms with van der Waals surface area (Å²) in [6, 6.07) is 0. The summed E-state index contributed by atoms with van der Waals surface area (Å²) in [4.78, 5) is 7.89. The van der Waals surface area contributed by atoms with Gasteiger partial charge in [0, 0.05) is 11.6 Å². The number of H-pyrrole nitrogens is 1. The quantitative estimate of drug-likeness (QED) is 0.688. The maximum Gasteiger partial charge on any atom is 0.126 e. The largest absolute Gasteiger partial charge is 0.344 e. The molecule has 0 spiro atoms. The molecule has 1 aliphatic carbocycles. The van der Waals surface area contributed by atoms with Crippen LogP contribution in [-0.4, -0.2) is 9.97 Å². The smallest absolute Gasteiger partial charge is 0.126 e. The van der Waals surface area contributed by atoms with Crippen LogP contribution >= 0.6 is 0 Å². The van der Waals surface area contributed by atoms with E-state index < -0.39 is 0 Å². The molecule has 1 aliphatic rings. The summed E-state index contributed by atoms with van der Waals surface area (Å²) in [5.41, 5.74) is 8.15. The number of fused-ring (bicyclic) bond motifs is 1. The standard InChI is InChI=1S/C10H17N3/c1-6-4-5-7-8(6)13-9(12-7)10(2,3)11/h6H,4-5,11H2,1-3H3,(H,12,13). The van der Waals surface area contributed by atoms with Crippen molar-refractivity contribution in [3.05, 3.63) is 17.2 Å². The highest BCUT2D eigenvalue weighted by Crippen LogP contribution is 2.31. The summed E-state index contributed by atoms with van der Waals surface area (Å²) in [5.74, 6) is 1.52. The average Bonchev–Trinajstić information content (AvgIpc) is 2.51. The molecule has 13 heavy (non-hydrogen) atoms. The molecule has 1 atom stereocenters. The van der Waals surface area contributed by atoms with Crippen molar-refractivity contribution in [1.29, 1.82) is 0 Å². The van der Waals surface area contributed by atoms with Gasteiger partial charge in [-0.3, -0.25) is 0 Å². The Bertz CT molecular complexity index is 319. The lowest BCUT2D eigenvalue weighted by atomic mass is 10.1. The molecule has 3 nitrogen and oxygen atoms in total.